The highest BCUT2D eigenvalue weighted by molar-refractivity contribution is 5.26. The molecule has 0 fully saturated rings. The van der Waals surface area contributed by atoms with Gasteiger partial charge in [-0.05, 0) is 6.92 Å². The lowest BCUT2D eigenvalue weighted by Crippen LogP contribution is -2.12. The first-order chi connectivity index (χ1) is 6.67. The van der Waals surface area contributed by atoms with Gasteiger partial charge in [-0.3, -0.25) is 0 Å². The van der Waals surface area contributed by atoms with Crippen molar-refractivity contribution >= 4 is 5.95 Å². The monoisotopic (exact) mass is 197 g/mol. The fourth-order valence-electron chi connectivity index (χ4n) is 0.920. The van der Waals surface area contributed by atoms with Gasteiger partial charge >= 0.3 is 6.01 Å². The molecule has 0 bridgehead atoms. The number of anilines is 1. The van der Waals surface area contributed by atoms with Crippen LogP contribution in [0.15, 0.2) is 0 Å². The highest BCUT2D eigenvalue weighted by Gasteiger charge is 2.09. The summed E-state index contributed by atoms with van der Waals surface area (Å²) in [7, 11) is 0. The molecule has 1 rings (SSSR count). The lowest BCUT2D eigenvalue weighted by atomic mass is 10.2. The van der Waals surface area contributed by atoms with Crippen LogP contribution in [0.2, 0.25) is 0 Å². The van der Waals surface area contributed by atoms with Gasteiger partial charge in [-0.15, -0.1) is 0 Å². The molecular formula is C8H15N5O. The van der Waals surface area contributed by atoms with Gasteiger partial charge in [0.15, 0.2) is 0 Å². The molecule has 0 aliphatic rings. The fraction of sp³-hybridized carbons (Fsp3) is 0.625. The van der Waals surface area contributed by atoms with Crippen LogP contribution in [0.5, 0.6) is 6.01 Å². The van der Waals surface area contributed by atoms with E-state index in [-0.39, 0.29) is 11.9 Å². The van der Waals surface area contributed by atoms with E-state index >= 15 is 0 Å². The summed E-state index contributed by atoms with van der Waals surface area (Å²) in [5.74, 6) is 6.37. The van der Waals surface area contributed by atoms with Gasteiger partial charge in [0.05, 0.1) is 0 Å². The molecule has 14 heavy (non-hydrogen) atoms. The summed E-state index contributed by atoms with van der Waals surface area (Å²) in [4.78, 5) is 16.7. The smallest absolute Gasteiger partial charge is 0.340 e. The van der Waals surface area contributed by atoms with Crippen molar-refractivity contribution in [1.29, 1.82) is 0 Å². The first-order valence-electron chi connectivity index (χ1n) is 4.54. The van der Waals surface area contributed by atoms with Gasteiger partial charge in [0.2, 0.25) is 5.95 Å². The lowest BCUT2D eigenvalue weighted by molar-refractivity contribution is 0.303. The lowest BCUT2D eigenvalue weighted by Gasteiger charge is -2.07. The van der Waals surface area contributed by atoms with Gasteiger partial charge in [0, 0.05) is 12.5 Å². The van der Waals surface area contributed by atoms with Gasteiger partial charge in [0.1, 0.15) is 5.82 Å². The minimum Gasteiger partial charge on any atom is -0.371 e. The van der Waals surface area contributed by atoms with Crippen molar-refractivity contribution < 1.29 is 4.84 Å². The van der Waals surface area contributed by atoms with Crippen LogP contribution in [0.4, 0.5) is 5.95 Å². The van der Waals surface area contributed by atoms with E-state index in [2.05, 4.69) is 25.1 Å². The average molecular weight is 197 g/mol. The Morgan fingerprint density at radius 2 is 2.07 bits per heavy atom. The summed E-state index contributed by atoms with van der Waals surface area (Å²) in [6.07, 6.45) is 0. The van der Waals surface area contributed by atoms with Crippen molar-refractivity contribution in [2.45, 2.75) is 26.7 Å². The SMILES string of the molecule is CCNc1nc(ON)nc(C(C)C)n1. The van der Waals surface area contributed by atoms with Gasteiger partial charge < -0.3 is 10.2 Å². The van der Waals surface area contributed by atoms with Crippen molar-refractivity contribution in [2.75, 3.05) is 11.9 Å². The van der Waals surface area contributed by atoms with E-state index in [0.717, 1.165) is 6.54 Å². The van der Waals surface area contributed by atoms with Crippen LogP contribution >= 0.6 is 0 Å². The van der Waals surface area contributed by atoms with E-state index in [9.17, 15) is 0 Å². The average Bonchev–Trinajstić information content (AvgIpc) is 2.17. The summed E-state index contributed by atoms with van der Waals surface area (Å²) >= 11 is 0. The molecule has 6 heteroatoms. The maximum atomic E-state index is 5.00. The van der Waals surface area contributed by atoms with Crippen molar-refractivity contribution in [2.24, 2.45) is 5.90 Å². The molecule has 0 spiro atoms. The first kappa shape index (κ1) is 10.6. The van der Waals surface area contributed by atoms with Crippen LogP contribution < -0.4 is 16.1 Å². The van der Waals surface area contributed by atoms with E-state index in [0.29, 0.717) is 11.8 Å². The standard InChI is InChI=1S/C8H15N5O/c1-4-10-7-11-6(5(2)3)12-8(13-7)14-9/h5H,4,9H2,1-3H3,(H,10,11,12,13). The molecule has 3 N–H and O–H groups in total. The summed E-state index contributed by atoms with van der Waals surface area (Å²) in [5.41, 5.74) is 0. The van der Waals surface area contributed by atoms with Gasteiger partial charge in [-0.1, -0.05) is 13.8 Å². The first-order valence-corrected chi connectivity index (χ1v) is 4.54. The van der Waals surface area contributed by atoms with E-state index in [1.807, 2.05) is 20.8 Å². The largest absolute Gasteiger partial charge is 0.371 e. The third-order valence-electron chi connectivity index (χ3n) is 1.59. The Kier molecular flexibility index (Phi) is 3.58. The maximum absolute atomic E-state index is 5.00. The van der Waals surface area contributed by atoms with E-state index in [1.54, 1.807) is 0 Å². The van der Waals surface area contributed by atoms with Crippen molar-refractivity contribution in [3.05, 3.63) is 5.82 Å². The highest BCUT2D eigenvalue weighted by Crippen LogP contribution is 2.13. The normalized spacial score (nSPS) is 10.4. The second-order valence-electron chi connectivity index (χ2n) is 3.10. The molecule has 0 aliphatic heterocycles. The molecule has 0 aliphatic carbocycles. The zero-order valence-electron chi connectivity index (χ0n) is 8.61. The summed E-state index contributed by atoms with van der Waals surface area (Å²) in [6.45, 7) is 6.68. The quantitative estimate of drug-likeness (QED) is 0.690. The highest BCUT2D eigenvalue weighted by atomic mass is 16.6. The number of nitrogens with zero attached hydrogens (tertiary/aromatic N) is 3. The van der Waals surface area contributed by atoms with E-state index in [1.165, 1.54) is 0 Å². The van der Waals surface area contributed by atoms with E-state index < -0.39 is 0 Å². The molecule has 1 aromatic rings. The number of hydrogen-bond acceptors (Lipinski definition) is 6. The Labute approximate surface area is 82.9 Å². The summed E-state index contributed by atoms with van der Waals surface area (Å²) in [6, 6.07) is 0.139. The van der Waals surface area contributed by atoms with Crippen LogP contribution in [0, 0.1) is 0 Å². The molecule has 78 valence electrons. The second kappa shape index (κ2) is 4.71. The van der Waals surface area contributed by atoms with Gasteiger partial charge in [-0.2, -0.15) is 20.8 Å². The fourth-order valence-corrected chi connectivity index (χ4v) is 0.920. The topological polar surface area (TPSA) is 86.0 Å². The minimum absolute atomic E-state index is 0.139. The van der Waals surface area contributed by atoms with Crippen LogP contribution in [-0.4, -0.2) is 21.5 Å². The Morgan fingerprint density at radius 3 is 2.57 bits per heavy atom. The zero-order chi connectivity index (χ0) is 10.6. The Hall–Kier alpha value is -1.43. The molecule has 0 aromatic carbocycles. The molecule has 1 aromatic heterocycles. The molecular weight excluding hydrogens is 182 g/mol. The molecule has 0 saturated carbocycles. The number of nitrogens with two attached hydrogens (primary N) is 1. The third-order valence-corrected chi connectivity index (χ3v) is 1.59. The zero-order valence-corrected chi connectivity index (χ0v) is 8.61. The second-order valence-corrected chi connectivity index (χ2v) is 3.10. The van der Waals surface area contributed by atoms with Crippen molar-refractivity contribution in [3.8, 4) is 6.01 Å². The van der Waals surface area contributed by atoms with Crippen LogP contribution in [0.1, 0.15) is 32.5 Å². The summed E-state index contributed by atoms with van der Waals surface area (Å²) < 4.78 is 0. The number of nitrogens with one attached hydrogen (secondary N) is 1. The van der Waals surface area contributed by atoms with Crippen LogP contribution in [0.25, 0.3) is 0 Å². The molecule has 1 heterocycles. The number of rotatable bonds is 4. The third kappa shape index (κ3) is 2.53. The van der Waals surface area contributed by atoms with Crippen molar-refractivity contribution in [3.63, 3.8) is 0 Å². The van der Waals surface area contributed by atoms with Gasteiger partial charge in [-0.25, -0.2) is 0 Å². The van der Waals surface area contributed by atoms with Crippen LogP contribution in [0.3, 0.4) is 0 Å². The maximum Gasteiger partial charge on any atom is 0.340 e. The minimum atomic E-state index is 0.139. The predicted molar refractivity (Wildman–Crippen MR) is 52.9 cm³/mol. The predicted octanol–water partition coefficient (Wildman–Crippen LogP) is 0.679. The molecule has 0 amide bonds. The molecule has 6 nitrogen and oxygen atoms in total. The molecule has 0 saturated heterocycles. The van der Waals surface area contributed by atoms with Gasteiger partial charge in [0.25, 0.3) is 0 Å². The van der Waals surface area contributed by atoms with Crippen LogP contribution in [-0.2, 0) is 0 Å². The summed E-state index contributed by atoms with van der Waals surface area (Å²) in [5, 5.41) is 2.98. The Morgan fingerprint density at radius 1 is 1.36 bits per heavy atom. The Balaban J connectivity index is 3.00. The Bertz CT molecular complexity index is 302. The molecule has 0 atom stereocenters. The molecule has 0 radical (unpaired) electrons. The van der Waals surface area contributed by atoms with E-state index in [4.69, 9.17) is 5.90 Å². The number of hydrogen-bond donors (Lipinski definition) is 2. The van der Waals surface area contributed by atoms with Crippen molar-refractivity contribution in [1.82, 2.24) is 15.0 Å². The molecule has 0 unspecified atom stereocenters. The number of aromatic nitrogens is 3.